The topological polar surface area (TPSA) is 129 Å². The van der Waals surface area contributed by atoms with Crippen LogP contribution in [-0.2, 0) is 15.3 Å². The van der Waals surface area contributed by atoms with Crippen LogP contribution in [0.3, 0.4) is 0 Å². The first-order valence-corrected chi connectivity index (χ1v) is 11.9. The number of carbonyl (C=O) groups is 2. The molecule has 0 radical (unpaired) electrons. The molecular weight excluding hydrogens is 438 g/mol. The molecule has 0 aliphatic carbocycles. The molecule has 11 heteroatoms. The fraction of sp³-hybridized carbons (Fsp3) is 0.500. The van der Waals surface area contributed by atoms with E-state index in [0.29, 0.717) is 35.4 Å². The van der Waals surface area contributed by atoms with E-state index in [1.165, 1.54) is 11.3 Å². The molecule has 0 aliphatic heterocycles. The van der Waals surface area contributed by atoms with Crippen LogP contribution in [0.1, 0.15) is 57.1 Å². The van der Waals surface area contributed by atoms with Crippen molar-refractivity contribution in [2.75, 3.05) is 18.4 Å². The van der Waals surface area contributed by atoms with Gasteiger partial charge in [0.1, 0.15) is 5.76 Å². The number of thiazole rings is 1. The predicted octanol–water partition coefficient (Wildman–Crippen LogP) is 3.83. The SMILES string of the molecule is C=C(C)c1cnc(CSc2cnc(NC(=O)CCCNCCCCCC(=O)NO)s2)o1. The largest absolute Gasteiger partial charge is 0.440 e. The molecule has 9 nitrogen and oxygen atoms in total. The van der Waals surface area contributed by atoms with Crippen LogP contribution in [0.15, 0.2) is 27.6 Å². The lowest BCUT2D eigenvalue weighted by molar-refractivity contribution is -0.129. The van der Waals surface area contributed by atoms with Crippen molar-refractivity contribution in [3.05, 3.63) is 30.6 Å². The van der Waals surface area contributed by atoms with Crippen LogP contribution in [0, 0.1) is 0 Å². The number of hydrogen-bond donors (Lipinski definition) is 4. The number of nitrogens with zero attached hydrogens (tertiary/aromatic N) is 2. The minimum atomic E-state index is -0.350. The number of unbranched alkanes of at least 4 members (excludes halogenated alkanes) is 2. The number of hydroxylamine groups is 1. The van der Waals surface area contributed by atoms with Crippen molar-refractivity contribution in [3.63, 3.8) is 0 Å². The molecule has 4 N–H and O–H groups in total. The fourth-order valence-electron chi connectivity index (χ4n) is 2.54. The quantitative estimate of drug-likeness (QED) is 0.135. The molecule has 2 amide bonds. The number of carbonyl (C=O) groups excluding carboxylic acids is 2. The highest BCUT2D eigenvalue weighted by molar-refractivity contribution is 8.00. The molecule has 0 saturated carbocycles. The first kappa shape index (κ1) is 25.1. The van der Waals surface area contributed by atoms with Crippen LogP contribution in [0.25, 0.3) is 5.57 Å². The molecule has 2 aromatic rings. The maximum absolute atomic E-state index is 12.1. The van der Waals surface area contributed by atoms with Crippen molar-refractivity contribution >= 4 is 45.6 Å². The Bertz CT molecular complexity index is 852. The smallest absolute Gasteiger partial charge is 0.243 e. The molecule has 2 rings (SSSR count). The zero-order valence-electron chi connectivity index (χ0n) is 17.6. The van der Waals surface area contributed by atoms with Gasteiger partial charge in [-0.2, -0.15) is 0 Å². The van der Waals surface area contributed by atoms with Gasteiger partial charge in [0, 0.05) is 12.8 Å². The minimum Gasteiger partial charge on any atom is -0.440 e. The Morgan fingerprint density at radius 1 is 1.13 bits per heavy atom. The lowest BCUT2D eigenvalue weighted by atomic mass is 10.2. The number of allylic oxidation sites excluding steroid dienone is 1. The second-order valence-corrected chi connectivity index (χ2v) is 9.23. The van der Waals surface area contributed by atoms with Gasteiger partial charge in [0.15, 0.2) is 5.13 Å². The van der Waals surface area contributed by atoms with Gasteiger partial charge in [0.25, 0.3) is 0 Å². The molecule has 0 saturated heterocycles. The number of aromatic nitrogens is 2. The maximum atomic E-state index is 12.1. The monoisotopic (exact) mass is 467 g/mol. The van der Waals surface area contributed by atoms with Gasteiger partial charge < -0.3 is 15.1 Å². The molecule has 0 spiro atoms. The van der Waals surface area contributed by atoms with E-state index in [1.807, 2.05) is 6.92 Å². The average Bonchev–Trinajstić information content (AvgIpc) is 3.40. The van der Waals surface area contributed by atoms with Crippen LogP contribution < -0.4 is 16.1 Å². The summed E-state index contributed by atoms with van der Waals surface area (Å²) in [4.78, 5) is 31.4. The van der Waals surface area contributed by atoms with E-state index >= 15 is 0 Å². The Morgan fingerprint density at radius 3 is 2.65 bits per heavy atom. The van der Waals surface area contributed by atoms with Gasteiger partial charge in [-0.25, -0.2) is 15.4 Å². The van der Waals surface area contributed by atoms with E-state index in [1.54, 1.807) is 29.6 Å². The summed E-state index contributed by atoms with van der Waals surface area (Å²) in [6.07, 6.45) is 7.51. The summed E-state index contributed by atoms with van der Waals surface area (Å²) < 4.78 is 6.57. The summed E-state index contributed by atoms with van der Waals surface area (Å²) in [5, 5.41) is 15.1. The molecule has 2 aromatic heterocycles. The Hall–Kier alpha value is -2.21. The highest BCUT2D eigenvalue weighted by atomic mass is 32.2. The van der Waals surface area contributed by atoms with Gasteiger partial charge in [0.05, 0.1) is 22.4 Å². The number of oxazole rings is 1. The lowest BCUT2D eigenvalue weighted by Crippen LogP contribution is -2.20. The van der Waals surface area contributed by atoms with Crippen molar-refractivity contribution < 1.29 is 19.2 Å². The van der Waals surface area contributed by atoms with Crippen molar-refractivity contribution in [3.8, 4) is 0 Å². The van der Waals surface area contributed by atoms with Gasteiger partial charge in [0.2, 0.25) is 17.7 Å². The highest BCUT2D eigenvalue weighted by Gasteiger charge is 2.09. The Kier molecular flexibility index (Phi) is 11.3. The van der Waals surface area contributed by atoms with Crippen LogP contribution in [0.5, 0.6) is 0 Å². The second-order valence-electron chi connectivity index (χ2n) is 6.92. The third kappa shape index (κ3) is 10.1. The van der Waals surface area contributed by atoms with Gasteiger partial charge >= 0.3 is 0 Å². The molecule has 0 fully saturated rings. The summed E-state index contributed by atoms with van der Waals surface area (Å²) in [6.45, 7) is 7.30. The second kappa shape index (κ2) is 14.0. The standard InChI is InChI=1S/C20H29N5O4S2/c1-14(2)15-11-22-18(29-15)13-30-19-12-23-20(31-19)24-16(26)8-6-10-21-9-5-3-4-7-17(27)25-28/h11-12,21,28H,1,3-10,13H2,2H3,(H,25,27)(H,23,24,26). The van der Waals surface area contributed by atoms with E-state index < -0.39 is 0 Å². The average molecular weight is 468 g/mol. The number of hydrogen-bond acceptors (Lipinski definition) is 9. The van der Waals surface area contributed by atoms with Gasteiger partial charge in [-0.1, -0.05) is 24.3 Å². The molecule has 0 atom stereocenters. The van der Waals surface area contributed by atoms with Crippen LogP contribution in [0.4, 0.5) is 5.13 Å². The maximum Gasteiger partial charge on any atom is 0.243 e. The molecule has 0 bridgehead atoms. The van der Waals surface area contributed by atoms with Crippen LogP contribution >= 0.6 is 23.1 Å². The zero-order chi connectivity index (χ0) is 22.5. The first-order chi connectivity index (χ1) is 15.0. The molecule has 0 aliphatic rings. The third-order valence-electron chi connectivity index (χ3n) is 4.18. The van der Waals surface area contributed by atoms with Crippen molar-refractivity contribution in [1.29, 1.82) is 0 Å². The molecule has 0 aromatic carbocycles. The van der Waals surface area contributed by atoms with Crippen LogP contribution in [-0.4, -0.2) is 40.1 Å². The molecule has 31 heavy (non-hydrogen) atoms. The molecule has 170 valence electrons. The lowest BCUT2D eigenvalue weighted by Gasteiger charge is -2.05. The van der Waals surface area contributed by atoms with Crippen molar-refractivity contribution in [2.45, 2.75) is 55.4 Å². The Balaban J connectivity index is 1.54. The Morgan fingerprint density at radius 2 is 1.90 bits per heavy atom. The van der Waals surface area contributed by atoms with Crippen molar-refractivity contribution in [2.24, 2.45) is 0 Å². The number of nitrogens with one attached hydrogen (secondary N) is 3. The third-order valence-corrected chi connectivity index (χ3v) is 6.27. The summed E-state index contributed by atoms with van der Waals surface area (Å²) in [6, 6.07) is 0. The number of anilines is 1. The van der Waals surface area contributed by atoms with E-state index in [4.69, 9.17) is 9.62 Å². The number of amides is 2. The summed E-state index contributed by atoms with van der Waals surface area (Å²) in [5.41, 5.74) is 2.46. The van der Waals surface area contributed by atoms with Gasteiger partial charge in [-0.05, 0) is 44.8 Å². The summed E-state index contributed by atoms with van der Waals surface area (Å²) >= 11 is 2.98. The molecule has 0 unspecified atom stereocenters. The molecule has 2 heterocycles. The first-order valence-electron chi connectivity index (χ1n) is 10.1. The minimum absolute atomic E-state index is 0.0542. The zero-order valence-corrected chi connectivity index (χ0v) is 19.2. The van der Waals surface area contributed by atoms with Crippen molar-refractivity contribution in [1.82, 2.24) is 20.8 Å². The fourth-order valence-corrected chi connectivity index (χ4v) is 4.28. The van der Waals surface area contributed by atoms with E-state index in [2.05, 4.69) is 27.2 Å². The number of thioether (sulfide) groups is 1. The normalized spacial score (nSPS) is 10.8. The van der Waals surface area contributed by atoms with E-state index in [-0.39, 0.29) is 11.8 Å². The predicted molar refractivity (Wildman–Crippen MR) is 122 cm³/mol. The van der Waals surface area contributed by atoms with Gasteiger partial charge in [-0.3, -0.25) is 14.8 Å². The number of rotatable bonds is 15. The summed E-state index contributed by atoms with van der Waals surface area (Å²) in [5.74, 6) is 1.50. The van der Waals surface area contributed by atoms with E-state index in [0.717, 1.165) is 48.6 Å². The van der Waals surface area contributed by atoms with E-state index in [9.17, 15) is 9.59 Å². The highest BCUT2D eigenvalue weighted by Crippen LogP contribution is 2.31. The molecular formula is C20H29N5O4S2. The van der Waals surface area contributed by atoms with Crippen LogP contribution in [0.2, 0.25) is 0 Å². The summed E-state index contributed by atoms with van der Waals surface area (Å²) in [7, 11) is 0. The van der Waals surface area contributed by atoms with Gasteiger partial charge in [-0.15, -0.1) is 11.8 Å². The Labute approximate surface area is 190 Å².